The van der Waals surface area contributed by atoms with E-state index in [4.69, 9.17) is 14.2 Å². The number of hydrogen-bond donors (Lipinski definition) is 3. The molecule has 5 amide bonds. The summed E-state index contributed by atoms with van der Waals surface area (Å²) >= 11 is 0. The first-order valence-corrected chi connectivity index (χ1v) is 22.4. The van der Waals surface area contributed by atoms with E-state index < -0.39 is 73.7 Å². The van der Waals surface area contributed by atoms with Gasteiger partial charge < -0.3 is 34.6 Å². The molecule has 330 valence electrons. The van der Waals surface area contributed by atoms with E-state index in [0.717, 1.165) is 5.56 Å². The van der Waals surface area contributed by atoms with Gasteiger partial charge in [-0.05, 0) is 74.3 Å². The summed E-state index contributed by atoms with van der Waals surface area (Å²) in [6.45, 7) is 15.2. The lowest BCUT2D eigenvalue weighted by molar-refractivity contribution is -0.148. The average Bonchev–Trinajstić information content (AvgIpc) is 3.90. The van der Waals surface area contributed by atoms with E-state index in [1.54, 1.807) is 49.4 Å². The van der Waals surface area contributed by atoms with Crippen molar-refractivity contribution >= 4 is 37.7 Å². The zero-order valence-corrected chi connectivity index (χ0v) is 37.8. The maximum atomic E-state index is 14.5. The molecule has 10 atom stereocenters. The SMILES string of the molecule is CC[C@H](C)[C@@H]([C@@H](CC(=O)N1CCC[C@H]1[C@H](OC)[C@@H](C)C(=O)N[C@@H](Cc1ccccc1)[P+](=O)O)OC)N(C)C(=O)[C@@H](NC(=O)[C@@H]1C2CC(C2)N1C(=O)OC(C)(C)C)C(C)C. The molecule has 1 aromatic carbocycles. The molecule has 1 aromatic rings. The number of ether oxygens (including phenoxy) is 3. The molecule has 1 unspecified atom stereocenters. The zero-order chi connectivity index (χ0) is 43.9. The Morgan fingerprint density at radius 3 is 2.19 bits per heavy atom. The Bertz CT molecular complexity index is 1640. The highest BCUT2D eigenvalue weighted by atomic mass is 31.1. The van der Waals surface area contributed by atoms with Crippen LogP contribution in [0.25, 0.3) is 0 Å². The van der Waals surface area contributed by atoms with Crippen molar-refractivity contribution in [1.29, 1.82) is 0 Å². The van der Waals surface area contributed by atoms with Gasteiger partial charge in [-0.15, -0.1) is 0 Å². The molecule has 3 heterocycles. The molecule has 1 saturated carbocycles. The molecule has 1 aliphatic carbocycles. The van der Waals surface area contributed by atoms with Crippen molar-refractivity contribution in [3.8, 4) is 0 Å². The molecule has 3 N–H and O–H groups in total. The van der Waals surface area contributed by atoms with E-state index in [-0.39, 0.29) is 54.4 Å². The molecule has 3 aliphatic heterocycles. The Balaban J connectivity index is 1.47. The van der Waals surface area contributed by atoms with Gasteiger partial charge in [-0.3, -0.25) is 24.1 Å². The van der Waals surface area contributed by atoms with E-state index in [9.17, 15) is 33.4 Å². The average molecular weight is 847 g/mol. The molecule has 4 fully saturated rings. The van der Waals surface area contributed by atoms with Gasteiger partial charge >= 0.3 is 14.1 Å². The van der Waals surface area contributed by atoms with Crippen LogP contribution in [0.2, 0.25) is 0 Å². The topological polar surface area (TPSA) is 184 Å². The van der Waals surface area contributed by atoms with Crippen LogP contribution < -0.4 is 10.6 Å². The van der Waals surface area contributed by atoms with E-state index >= 15 is 0 Å². The quantitative estimate of drug-likeness (QED) is 0.163. The fourth-order valence-corrected chi connectivity index (χ4v) is 9.69. The first kappa shape index (κ1) is 48.0. The summed E-state index contributed by atoms with van der Waals surface area (Å²) in [4.78, 5) is 84.3. The van der Waals surface area contributed by atoms with Crippen LogP contribution in [0.15, 0.2) is 30.3 Å². The molecule has 2 bridgehead atoms. The molecule has 5 rings (SSSR count). The summed E-state index contributed by atoms with van der Waals surface area (Å²) in [5, 5.41) is 5.75. The van der Waals surface area contributed by atoms with Crippen LogP contribution in [-0.2, 0) is 44.4 Å². The van der Waals surface area contributed by atoms with Gasteiger partial charge in [0.2, 0.25) is 23.6 Å². The lowest BCUT2D eigenvalue weighted by Gasteiger charge is -2.41. The Morgan fingerprint density at radius 2 is 1.64 bits per heavy atom. The standard InChI is InChI=1S/C43H68N5O10P/c1-12-26(4)36(46(9)41(52)35(25(2)3)45-40(51)37-29-22-30(23-29)48(37)42(53)58-43(6,7)8)32(56-10)24-34(49)47-20-16-19-31(47)38(57-11)27(5)39(50)44-33(59(54)55)21-28-17-14-13-15-18-28/h13-15,17-18,25-27,29-33,35-38H,12,16,19-24H2,1-11H3,(H2-,44,45,50,51,54,55)/p+1/t26-,27+,29?,30?,31-,32+,33+,35-,36-,37-,38+/m0/s1. The third-order valence-corrected chi connectivity index (χ3v) is 13.3. The number of benzene rings is 1. The van der Waals surface area contributed by atoms with Crippen molar-refractivity contribution in [3.05, 3.63) is 35.9 Å². The largest absolute Gasteiger partial charge is 0.531 e. The van der Waals surface area contributed by atoms with E-state index in [0.29, 0.717) is 38.6 Å². The van der Waals surface area contributed by atoms with E-state index in [1.165, 1.54) is 14.2 Å². The first-order chi connectivity index (χ1) is 27.7. The molecular weight excluding hydrogens is 777 g/mol. The van der Waals surface area contributed by atoms with Crippen molar-refractivity contribution in [2.24, 2.45) is 23.7 Å². The maximum Gasteiger partial charge on any atom is 0.531 e. The summed E-state index contributed by atoms with van der Waals surface area (Å²) in [6, 6.07) is 6.49. The van der Waals surface area contributed by atoms with E-state index in [1.807, 2.05) is 58.0 Å². The van der Waals surface area contributed by atoms with Gasteiger partial charge in [0.1, 0.15) is 17.7 Å². The predicted molar refractivity (Wildman–Crippen MR) is 223 cm³/mol. The number of fused-ring (bicyclic) bond motifs is 1. The van der Waals surface area contributed by atoms with Gasteiger partial charge in [0.25, 0.3) is 5.78 Å². The normalized spacial score (nSPS) is 23.9. The van der Waals surface area contributed by atoms with Gasteiger partial charge in [-0.1, -0.05) is 71.4 Å². The van der Waals surface area contributed by atoms with Crippen molar-refractivity contribution in [2.45, 2.75) is 154 Å². The Labute approximate surface area is 351 Å². The van der Waals surface area contributed by atoms with Crippen LogP contribution >= 0.6 is 8.03 Å². The Morgan fingerprint density at radius 1 is 1.00 bits per heavy atom. The van der Waals surface area contributed by atoms with Gasteiger partial charge in [0.15, 0.2) is 0 Å². The summed E-state index contributed by atoms with van der Waals surface area (Å²) in [6.07, 6.45) is 1.61. The van der Waals surface area contributed by atoms with Crippen molar-refractivity contribution in [2.75, 3.05) is 27.8 Å². The summed E-state index contributed by atoms with van der Waals surface area (Å²) in [5.41, 5.74) is 0.0908. The van der Waals surface area contributed by atoms with Crippen molar-refractivity contribution < 1.29 is 47.6 Å². The van der Waals surface area contributed by atoms with E-state index in [2.05, 4.69) is 10.6 Å². The fourth-order valence-electron chi connectivity index (χ4n) is 9.08. The lowest BCUT2D eigenvalue weighted by Crippen LogP contribution is -2.59. The zero-order valence-electron chi connectivity index (χ0n) is 36.9. The third kappa shape index (κ3) is 11.6. The number of nitrogens with one attached hydrogen (secondary N) is 2. The number of carbonyl (C=O) groups is 5. The monoisotopic (exact) mass is 846 g/mol. The number of likely N-dealkylation sites (N-methyl/N-ethyl adjacent to an activating group) is 1. The summed E-state index contributed by atoms with van der Waals surface area (Å²) in [5.74, 6) is -3.50. The highest BCUT2D eigenvalue weighted by Gasteiger charge is 2.57. The molecule has 0 spiro atoms. The highest BCUT2D eigenvalue weighted by molar-refractivity contribution is 7.38. The van der Waals surface area contributed by atoms with Gasteiger partial charge in [0.05, 0.1) is 36.6 Å². The fraction of sp³-hybridized carbons (Fsp3) is 0.744. The molecule has 15 nitrogen and oxygen atoms in total. The number of nitrogens with zero attached hydrogens (tertiary/aromatic N) is 3. The third-order valence-electron chi connectivity index (χ3n) is 12.5. The highest BCUT2D eigenvalue weighted by Crippen LogP contribution is 2.46. The molecule has 3 saturated heterocycles. The predicted octanol–water partition coefficient (Wildman–Crippen LogP) is 4.87. The molecule has 0 aromatic heterocycles. The summed E-state index contributed by atoms with van der Waals surface area (Å²) < 4.78 is 29.8. The maximum absolute atomic E-state index is 14.5. The molecule has 16 heteroatoms. The number of methoxy groups -OCH3 is 2. The number of rotatable bonds is 19. The van der Waals surface area contributed by atoms with Crippen molar-refractivity contribution in [3.63, 3.8) is 0 Å². The van der Waals surface area contributed by atoms with Gasteiger partial charge in [-0.2, -0.15) is 4.89 Å². The van der Waals surface area contributed by atoms with Crippen LogP contribution in [0.4, 0.5) is 4.79 Å². The minimum atomic E-state index is -2.73. The summed E-state index contributed by atoms with van der Waals surface area (Å²) in [7, 11) is 1.97. The molecule has 59 heavy (non-hydrogen) atoms. The molecular formula is C43H69N5O10P+. The van der Waals surface area contributed by atoms with Crippen LogP contribution in [0.1, 0.15) is 99.5 Å². The second-order valence-corrected chi connectivity index (χ2v) is 19.3. The number of amides is 5. The Kier molecular flexibility index (Phi) is 16.9. The second kappa shape index (κ2) is 20.7. The van der Waals surface area contributed by atoms with Gasteiger partial charge in [0, 0.05) is 40.3 Å². The minimum absolute atomic E-state index is 0.00234. The number of hydrogen-bond acceptors (Lipinski definition) is 9. The Hall–Kier alpha value is -3.65. The molecule has 4 aliphatic rings. The smallest absolute Gasteiger partial charge is 0.444 e. The number of carbonyl (C=O) groups excluding carboxylic acids is 5. The second-order valence-electron chi connectivity index (χ2n) is 18.1. The van der Waals surface area contributed by atoms with Crippen LogP contribution in [-0.4, -0.2) is 131 Å². The van der Waals surface area contributed by atoms with Crippen molar-refractivity contribution in [1.82, 2.24) is 25.3 Å². The van der Waals surface area contributed by atoms with Crippen LogP contribution in [0.5, 0.6) is 0 Å². The van der Waals surface area contributed by atoms with Crippen LogP contribution in [0.3, 0.4) is 0 Å². The molecule has 0 radical (unpaired) electrons. The first-order valence-electron chi connectivity index (χ1n) is 21.2. The number of likely N-dealkylation sites (tertiary alicyclic amines) is 1. The lowest BCUT2D eigenvalue weighted by atomic mass is 9.82. The van der Waals surface area contributed by atoms with Gasteiger partial charge in [-0.25, -0.2) is 4.79 Å². The minimum Gasteiger partial charge on any atom is -0.444 e. The van der Waals surface area contributed by atoms with Crippen LogP contribution in [0, 0.1) is 23.7 Å².